The zero-order valence-corrected chi connectivity index (χ0v) is 15.7. The van der Waals surface area contributed by atoms with E-state index in [4.69, 9.17) is 27.9 Å². The highest BCUT2D eigenvalue weighted by Gasteiger charge is 2.36. The van der Waals surface area contributed by atoms with Crippen LogP contribution in [0.4, 0.5) is 11.4 Å². The number of para-hydroxylation sites is 2. The van der Waals surface area contributed by atoms with E-state index < -0.39 is 5.92 Å². The average Bonchev–Trinajstić information content (AvgIpc) is 3.01. The van der Waals surface area contributed by atoms with Crippen molar-refractivity contribution in [2.24, 2.45) is 5.92 Å². The Bertz CT molecular complexity index is 841. The second-order valence-electron chi connectivity index (χ2n) is 5.92. The maximum absolute atomic E-state index is 12.5. The maximum atomic E-state index is 12.5. The van der Waals surface area contributed by atoms with Crippen LogP contribution in [0.5, 0.6) is 5.75 Å². The lowest BCUT2D eigenvalue weighted by atomic mass is 10.1. The van der Waals surface area contributed by atoms with Crippen LogP contribution in [0.1, 0.15) is 13.3 Å². The van der Waals surface area contributed by atoms with Gasteiger partial charge in [0.2, 0.25) is 11.8 Å². The highest BCUT2D eigenvalue weighted by atomic mass is 35.5. The Kier molecular flexibility index (Phi) is 5.69. The Labute approximate surface area is 161 Å². The van der Waals surface area contributed by atoms with Crippen LogP contribution in [0, 0.1) is 5.92 Å². The summed E-state index contributed by atoms with van der Waals surface area (Å²) >= 11 is 11.9. The van der Waals surface area contributed by atoms with Gasteiger partial charge in [-0.2, -0.15) is 0 Å². The van der Waals surface area contributed by atoms with Gasteiger partial charge in [-0.25, -0.2) is 0 Å². The van der Waals surface area contributed by atoms with Crippen LogP contribution in [-0.2, 0) is 9.59 Å². The molecular weight excluding hydrogens is 375 g/mol. The molecule has 1 aliphatic rings. The smallest absolute Gasteiger partial charge is 0.229 e. The van der Waals surface area contributed by atoms with Crippen molar-refractivity contribution >= 4 is 46.4 Å². The van der Waals surface area contributed by atoms with E-state index in [0.29, 0.717) is 40.3 Å². The summed E-state index contributed by atoms with van der Waals surface area (Å²) < 4.78 is 5.59. The van der Waals surface area contributed by atoms with E-state index in [2.05, 4.69) is 5.32 Å². The molecule has 1 fully saturated rings. The summed E-state index contributed by atoms with van der Waals surface area (Å²) in [6, 6.07) is 12.2. The number of rotatable bonds is 5. The molecule has 5 nitrogen and oxygen atoms in total. The first kappa shape index (κ1) is 18.5. The fourth-order valence-electron chi connectivity index (χ4n) is 2.89. The molecule has 0 bridgehead atoms. The topological polar surface area (TPSA) is 58.6 Å². The first-order chi connectivity index (χ1) is 12.5. The van der Waals surface area contributed by atoms with Crippen LogP contribution in [0.25, 0.3) is 0 Å². The number of hydrogen-bond acceptors (Lipinski definition) is 3. The first-order valence-electron chi connectivity index (χ1n) is 8.27. The molecule has 2 aromatic carbocycles. The molecule has 26 heavy (non-hydrogen) atoms. The van der Waals surface area contributed by atoms with E-state index in [-0.39, 0.29) is 18.2 Å². The Morgan fingerprint density at radius 3 is 2.73 bits per heavy atom. The average molecular weight is 393 g/mol. The molecule has 1 aliphatic heterocycles. The predicted octanol–water partition coefficient (Wildman–Crippen LogP) is 4.38. The Hall–Kier alpha value is -2.24. The van der Waals surface area contributed by atoms with Crippen molar-refractivity contribution in [3.63, 3.8) is 0 Å². The third-order valence-electron chi connectivity index (χ3n) is 4.14. The summed E-state index contributed by atoms with van der Waals surface area (Å²) in [4.78, 5) is 26.6. The molecule has 0 unspecified atom stereocenters. The van der Waals surface area contributed by atoms with Crippen LogP contribution in [0.15, 0.2) is 42.5 Å². The number of ether oxygens (including phenoxy) is 1. The third kappa shape index (κ3) is 3.94. The predicted molar refractivity (Wildman–Crippen MR) is 103 cm³/mol. The minimum Gasteiger partial charge on any atom is -0.492 e. The Balaban J connectivity index is 1.73. The number of benzene rings is 2. The second kappa shape index (κ2) is 7.98. The normalized spacial score (nSPS) is 16.7. The van der Waals surface area contributed by atoms with Crippen molar-refractivity contribution in [3.8, 4) is 5.75 Å². The lowest BCUT2D eigenvalue weighted by Gasteiger charge is -2.20. The zero-order chi connectivity index (χ0) is 18.7. The van der Waals surface area contributed by atoms with Crippen LogP contribution in [0.2, 0.25) is 10.0 Å². The largest absolute Gasteiger partial charge is 0.492 e. The van der Waals surface area contributed by atoms with Crippen LogP contribution in [0.3, 0.4) is 0 Å². The van der Waals surface area contributed by atoms with Crippen molar-refractivity contribution in [1.29, 1.82) is 0 Å². The quantitative estimate of drug-likeness (QED) is 0.820. The summed E-state index contributed by atoms with van der Waals surface area (Å²) in [6.07, 6.45) is 0.146. The minimum atomic E-state index is -0.452. The number of anilines is 2. The summed E-state index contributed by atoms with van der Waals surface area (Å²) in [5.41, 5.74) is 1.23. The van der Waals surface area contributed by atoms with Gasteiger partial charge in [0.15, 0.2) is 0 Å². The summed E-state index contributed by atoms with van der Waals surface area (Å²) in [6.45, 7) is 2.69. The summed E-state index contributed by atoms with van der Waals surface area (Å²) in [7, 11) is 0. The maximum Gasteiger partial charge on any atom is 0.229 e. The summed E-state index contributed by atoms with van der Waals surface area (Å²) in [5.74, 6) is -0.153. The van der Waals surface area contributed by atoms with Gasteiger partial charge in [-0.1, -0.05) is 35.3 Å². The molecule has 0 radical (unpaired) electrons. The zero-order valence-electron chi connectivity index (χ0n) is 14.2. The van der Waals surface area contributed by atoms with Gasteiger partial charge < -0.3 is 15.0 Å². The van der Waals surface area contributed by atoms with Crippen LogP contribution < -0.4 is 15.0 Å². The SMILES string of the molecule is CCOc1ccccc1N1C[C@H](C(=O)Nc2ccc(Cl)c(Cl)c2)CC1=O. The van der Waals surface area contributed by atoms with Crippen molar-refractivity contribution in [1.82, 2.24) is 0 Å². The van der Waals surface area contributed by atoms with Crippen molar-refractivity contribution in [2.45, 2.75) is 13.3 Å². The second-order valence-corrected chi connectivity index (χ2v) is 6.74. The van der Waals surface area contributed by atoms with Gasteiger partial charge in [-0.15, -0.1) is 0 Å². The van der Waals surface area contributed by atoms with Crippen molar-refractivity contribution in [3.05, 3.63) is 52.5 Å². The first-order valence-corrected chi connectivity index (χ1v) is 9.03. The highest BCUT2D eigenvalue weighted by Crippen LogP contribution is 2.33. The van der Waals surface area contributed by atoms with E-state index in [1.807, 2.05) is 31.2 Å². The van der Waals surface area contributed by atoms with Gasteiger partial charge in [-0.3, -0.25) is 9.59 Å². The van der Waals surface area contributed by atoms with Crippen molar-refractivity contribution < 1.29 is 14.3 Å². The molecule has 1 heterocycles. The molecule has 0 aromatic heterocycles. The molecular formula is C19H18Cl2N2O3. The number of nitrogens with zero attached hydrogens (tertiary/aromatic N) is 1. The number of carbonyl (C=O) groups excluding carboxylic acids is 2. The number of amides is 2. The number of halogens is 2. The van der Waals surface area contributed by atoms with Gasteiger partial charge in [0.25, 0.3) is 0 Å². The minimum absolute atomic E-state index is 0.105. The summed E-state index contributed by atoms with van der Waals surface area (Å²) in [5, 5.41) is 3.57. The Morgan fingerprint density at radius 1 is 1.23 bits per heavy atom. The van der Waals surface area contributed by atoms with Gasteiger partial charge >= 0.3 is 0 Å². The van der Waals surface area contributed by atoms with E-state index in [9.17, 15) is 9.59 Å². The molecule has 1 atom stereocenters. The molecule has 7 heteroatoms. The molecule has 136 valence electrons. The molecule has 3 rings (SSSR count). The highest BCUT2D eigenvalue weighted by molar-refractivity contribution is 6.42. The fraction of sp³-hybridized carbons (Fsp3) is 0.263. The molecule has 1 saturated heterocycles. The van der Waals surface area contributed by atoms with Gasteiger partial charge in [0.05, 0.1) is 28.3 Å². The van der Waals surface area contributed by atoms with Crippen molar-refractivity contribution in [2.75, 3.05) is 23.4 Å². The molecule has 0 aliphatic carbocycles. The van der Waals surface area contributed by atoms with Gasteiger partial charge in [0, 0.05) is 18.7 Å². The van der Waals surface area contributed by atoms with E-state index in [1.54, 1.807) is 23.1 Å². The fourth-order valence-corrected chi connectivity index (χ4v) is 3.19. The molecule has 0 saturated carbocycles. The van der Waals surface area contributed by atoms with Crippen LogP contribution in [-0.4, -0.2) is 25.0 Å². The van der Waals surface area contributed by atoms with E-state index in [0.717, 1.165) is 0 Å². The lowest BCUT2D eigenvalue weighted by molar-refractivity contribution is -0.122. The van der Waals surface area contributed by atoms with Gasteiger partial charge in [-0.05, 0) is 37.3 Å². The lowest BCUT2D eigenvalue weighted by Crippen LogP contribution is -2.28. The van der Waals surface area contributed by atoms with E-state index in [1.165, 1.54) is 0 Å². The molecule has 2 aromatic rings. The van der Waals surface area contributed by atoms with Gasteiger partial charge in [0.1, 0.15) is 5.75 Å². The standard InChI is InChI=1S/C19H18Cl2N2O3/c1-2-26-17-6-4-3-5-16(17)23-11-12(9-18(23)24)19(25)22-13-7-8-14(20)15(21)10-13/h3-8,10,12H,2,9,11H2,1H3,(H,22,25)/t12-/m1/s1. The van der Waals surface area contributed by atoms with E-state index >= 15 is 0 Å². The number of carbonyl (C=O) groups is 2. The molecule has 2 amide bonds. The monoisotopic (exact) mass is 392 g/mol. The molecule has 1 N–H and O–H groups in total. The number of hydrogen-bond donors (Lipinski definition) is 1. The Morgan fingerprint density at radius 2 is 2.00 bits per heavy atom. The molecule has 0 spiro atoms. The number of nitrogens with one attached hydrogen (secondary N) is 1. The van der Waals surface area contributed by atoms with Crippen LogP contribution >= 0.6 is 23.2 Å². The third-order valence-corrected chi connectivity index (χ3v) is 4.88.